The molecule has 0 fully saturated rings. The Morgan fingerprint density at radius 1 is 1.40 bits per heavy atom. The molecule has 1 aromatic carbocycles. The van der Waals surface area contributed by atoms with Crippen molar-refractivity contribution in [3.63, 3.8) is 0 Å². The number of nitrogen functional groups attached to an aromatic ring is 1. The number of anilines is 2. The first kappa shape index (κ1) is 10.3. The van der Waals surface area contributed by atoms with Crippen LogP contribution in [0.4, 0.5) is 11.4 Å². The van der Waals surface area contributed by atoms with Crippen LogP contribution in [0.15, 0.2) is 35.0 Å². The number of halogens is 1. The van der Waals surface area contributed by atoms with Crippen LogP contribution in [0.3, 0.4) is 0 Å². The molecule has 3 N–H and O–H groups in total. The molecule has 1 heterocycles. The molecule has 0 spiro atoms. The summed E-state index contributed by atoms with van der Waals surface area (Å²) in [6.45, 7) is 0.625. The van der Waals surface area contributed by atoms with Gasteiger partial charge in [-0.2, -0.15) is 0 Å². The van der Waals surface area contributed by atoms with Gasteiger partial charge in [0.2, 0.25) is 0 Å². The summed E-state index contributed by atoms with van der Waals surface area (Å²) >= 11 is 2.24. The monoisotopic (exact) mass is 315 g/mol. The second-order valence-corrected chi connectivity index (χ2v) is 4.23. The van der Waals surface area contributed by atoms with Gasteiger partial charge in [-0.05, 0) is 40.8 Å². The van der Waals surface area contributed by atoms with Crippen LogP contribution in [0.25, 0.3) is 0 Å². The molecule has 0 radical (unpaired) electrons. The van der Waals surface area contributed by atoms with E-state index in [9.17, 15) is 0 Å². The fourth-order valence-electron chi connectivity index (χ4n) is 1.19. The van der Waals surface area contributed by atoms with Gasteiger partial charge < -0.3 is 15.6 Å². The van der Waals surface area contributed by atoms with Gasteiger partial charge in [-0.1, -0.05) is 5.16 Å². The summed E-state index contributed by atoms with van der Waals surface area (Å²) in [6, 6.07) is 7.57. The largest absolute Gasteiger partial charge is 0.399 e. The first-order valence-corrected chi connectivity index (χ1v) is 5.52. The van der Waals surface area contributed by atoms with Crippen LogP contribution in [-0.4, -0.2) is 5.16 Å². The molecule has 78 valence electrons. The fraction of sp³-hybridized carbons (Fsp3) is 0.100. The normalized spacial score (nSPS) is 10.2. The lowest BCUT2D eigenvalue weighted by molar-refractivity contribution is 0.388. The van der Waals surface area contributed by atoms with Gasteiger partial charge in [0.15, 0.2) is 5.76 Å². The number of nitrogens with two attached hydrogens (primary N) is 1. The van der Waals surface area contributed by atoms with Crippen molar-refractivity contribution in [2.75, 3.05) is 11.1 Å². The molecule has 0 aliphatic carbocycles. The van der Waals surface area contributed by atoms with E-state index in [4.69, 9.17) is 10.3 Å². The van der Waals surface area contributed by atoms with E-state index in [0.29, 0.717) is 6.54 Å². The van der Waals surface area contributed by atoms with Crippen molar-refractivity contribution in [2.45, 2.75) is 6.54 Å². The average Bonchev–Trinajstić information content (AvgIpc) is 2.69. The summed E-state index contributed by atoms with van der Waals surface area (Å²) in [5.41, 5.74) is 7.47. The van der Waals surface area contributed by atoms with Crippen LogP contribution in [0.5, 0.6) is 0 Å². The minimum atomic E-state index is 0.625. The predicted octanol–water partition coefficient (Wildman–Crippen LogP) is 2.47. The number of hydrogen-bond acceptors (Lipinski definition) is 4. The van der Waals surface area contributed by atoms with E-state index in [1.165, 1.54) is 0 Å². The van der Waals surface area contributed by atoms with Crippen molar-refractivity contribution in [3.8, 4) is 0 Å². The van der Waals surface area contributed by atoms with Gasteiger partial charge in [-0.15, -0.1) is 0 Å². The molecule has 0 atom stereocenters. The Balaban J connectivity index is 2.05. The molecule has 0 amide bonds. The standard InChI is InChI=1S/C10H10IN3O/c11-9-5-7(12)1-2-10(9)13-6-8-3-4-14-15-8/h1-5,13H,6,12H2. The Morgan fingerprint density at radius 3 is 2.93 bits per heavy atom. The van der Waals surface area contributed by atoms with Crippen LogP contribution in [0.1, 0.15) is 5.76 Å². The number of aromatic nitrogens is 1. The summed E-state index contributed by atoms with van der Waals surface area (Å²) in [7, 11) is 0. The van der Waals surface area contributed by atoms with Gasteiger partial charge in [-0.25, -0.2) is 0 Å². The quantitative estimate of drug-likeness (QED) is 0.675. The molecule has 0 unspecified atom stereocenters. The van der Waals surface area contributed by atoms with Crippen molar-refractivity contribution in [1.29, 1.82) is 0 Å². The third-order valence-corrected chi connectivity index (χ3v) is 2.83. The first-order valence-electron chi connectivity index (χ1n) is 4.44. The SMILES string of the molecule is Nc1ccc(NCc2ccno2)c(I)c1. The van der Waals surface area contributed by atoms with E-state index in [-0.39, 0.29) is 0 Å². The predicted molar refractivity (Wildman–Crippen MR) is 67.4 cm³/mol. The molecule has 2 aromatic rings. The van der Waals surface area contributed by atoms with Crippen LogP contribution >= 0.6 is 22.6 Å². The highest BCUT2D eigenvalue weighted by Gasteiger charge is 2.01. The second kappa shape index (κ2) is 4.52. The van der Waals surface area contributed by atoms with Gasteiger partial charge in [-0.3, -0.25) is 0 Å². The van der Waals surface area contributed by atoms with E-state index < -0.39 is 0 Å². The van der Waals surface area contributed by atoms with Gasteiger partial charge in [0.05, 0.1) is 12.7 Å². The maximum absolute atomic E-state index is 5.66. The summed E-state index contributed by atoms with van der Waals surface area (Å²) in [6.07, 6.45) is 1.63. The van der Waals surface area contributed by atoms with E-state index in [2.05, 4.69) is 33.1 Å². The van der Waals surface area contributed by atoms with Crippen LogP contribution in [-0.2, 0) is 6.54 Å². The lowest BCUT2D eigenvalue weighted by atomic mass is 10.3. The molecular formula is C10H10IN3O. The summed E-state index contributed by atoms with van der Waals surface area (Å²) in [5.74, 6) is 0.808. The van der Waals surface area contributed by atoms with Gasteiger partial charge in [0.25, 0.3) is 0 Å². The molecule has 0 saturated heterocycles. The average molecular weight is 315 g/mol. The smallest absolute Gasteiger partial charge is 0.155 e. The van der Waals surface area contributed by atoms with Crippen LogP contribution in [0.2, 0.25) is 0 Å². The summed E-state index contributed by atoms with van der Waals surface area (Å²) < 4.78 is 6.07. The third-order valence-electron chi connectivity index (χ3n) is 1.94. The van der Waals surface area contributed by atoms with Crippen LogP contribution < -0.4 is 11.1 Å². The molecule has 0 bridgehead atoms. The van der Waals surface area contributed by atoms with Crippen molar-refractivity contribution < 1.29 is 4.52 Å². The topological polar surface area (TPSA) is 64.1 Å². The molecule has 0 saturated carbocycles. The molecule has 1 aromatic heterocycles. The lowest BCUT2D eigenvalue weighted by Gasteiger charge is -2.06. The Kier molecular flexibility index (Phi) is 3.10. The highest BCUT2D eigenvalue weighted by atomic mass is 127. The minimum absolute atomic E-state index is 0.625. The molecule has 5 heteroatoms. The molecule has 0 aliphatic heterocycles. The lowest BCUT2D eigenvalue weighted by Crippen LogP contribution is -2.00. The zero-order chi connectivity index (χ0) is 10.7. The number of hydrogen-bond donors (Lipinski definition) is 2. The third kappa shape index (κ3) is 2.62. The van der Waals surface area contributed by atoms with E-state index >= 15 is 0 Å². The van der Waals surface area contributed by atoms with E-state index in [0.717, 1.165) is 20.7 Å². The molecule has 4 nitrogen and oxygen atoms in total. The number of benzene rings is 1. The Morgan fingerprint density at radius 2 is 2.27 bits per heavy atom. The summed E-state index contributed by atoms with van der Waals surface area (Å²) in [5, 5.41) is 6.88. The Bertz CT molecular complexity index is 442. The van der Waals surface area contributed by atoms with Gasteiger partial charge in [0, 0.05) is 21.0 Å². The minimum Gasteiger partial charge on any atom is -0.399 e. The maximum atomic E-state index is 5.66. The first-order chi connectivity index (χ1) is 7.25. The number of nitrogens with zero attached hydrogens (tertiary/aromatic N) is 1. The Hall–Kier alpha value is -1.24. The number of rotatable bonds is 3. The maximum Gasteiger partial charge on any atom is 0.155 e. The van der Waals surface area contributed by atoms with Crippen molar-refractivity contribution in [3.05, 3.63) is 39.8 Å². The molecular weight excluding hydrogens is 305 g/mol. The summed E-state index contributed by atoms with van der Waals surface area (Å²) in [4.78, 5) is 0. The molecule has 2 rings (SSSR count). The van der Waals surface area contributed by atoms with Crippen molar-refractivity contribution in [1.82, 2.24) is 5.16 Å². The van der Waals surface area contributed by atoms with Crippen molar-refractivity contribution in [2.24, 2.45) is 0 Å². The van der Waals surface area contributed by atoms with E-state index in [1.54, 1.807) is 6.20 Å². The zero-order valence-corrected chi connectivity index (χ0v) is 10.1. The van der Waals surface area contributed by atoms with E-state index in [1.807, 2.05) is 24.3 Å². The van der Waals surface area contributed by atoms with Crippen molar-refractivity contribution >= 4 is 34.0 Å². The molecule has 15 heavy (non-hydrogen) atoms. The highest BCUT2D eigenvalue weighted by molar-refractivity contribution is 14.1. The van der Waals surface area contributed by atoms with Gasteiger partial charge >= 0.3 is 0 Å². The van der Waals surface area contributed by atoms with Crippen LogP contribution in [0, 0.1) is 3.57 Å². The fourth-order valence-corrected chi connectivity index (χ4v) is 1.92. The number of nitrogens with one attached hydrogen (secondary N) is 1. The van der Waals surface area contributed by atoms with Gasteiger partial charge in [0.1, 0.15) is 0 Å². The zero-order valence-electron chi connectivity index (χ0n) is 7.90. The highest BCUT2D eigenvalue weighted by Crippen LogP contribution is 2.21. The Labute approximate surface area is 101 Å². The molecule has 0 aliphatic rings. The second-order valence-electron chi connectivity index (χ2n) is 3.07.